The molecule has 1 aromatic rings. The van der Waals surface area contributed by atoms with E-state index in [1.165, 1.54) is 12.1 Å². The second-order valence-corrected chi connectivity index (χ2v) is 5.86. The van der Waals surface area contributed by atoms with Gasteiger partial charge in [0, 0.05) is 6.54 Å². The lowest BCUT2D eigenvalue weighted by Gasteiger charge is -2.20. The van der Waals surface area contributed by atoms with Crippen molar-refractivity contribution in [1.29, 1.82) is 0 Å². The Labute approximate surface area is 123 Å². The average Bonchev–Trinajstić information content (AvgIpc) is 3.20. The van der Waals surface area contributed by atoms with Gasteiger partial charge >= 0.3 is 12.0 Å². The minimum Gasteiger partial charge on any atom is -0.506 e. The van der Waals surface area contributed by atoms with E-state index in [1.54, 1.807) is 0 Å². The van der Waals surface area contributed by atoms with Crippen molar-refractivity contribution in [2.75, 3.05) is 11.9 Å². The van der Waals surface area contributed by atoms with Gasteiger partial charge in [-0.1, -0.05) is 13.8 Å². The Hall–Kier alpha value is -2.24. The van der Waals surface area contributed by atoms with Crippen LogP contribution in [0.2, 0.25) is 0 Å². The summed E-state index contributed by atoms with van der Waals surface area (Å²) in [5, 5.41) is 23.8. The van der Waals surface area contributed by atoms with Crippen LogP contribution in [0.4, 0.5) is 10.5 Å². The SMILES string of the molecule is CC(C)C1(CNC(=O)Nc2ccc(C(=O)O)cc2O)CC1. The standard InChI is InChI=1S/C15H20N2O4/c1-9(2)15(5-6-15)8-16-14(21)17-11-4-3-10(13(19)20)7-12(11)18/h3-4,7,9,18H,5-6,8H2,1-2H3,(H,19,20)(H2,16,17,21). The molecule has 6 heteroatoms. The van der Waals surface area contributed by atoms with E-state index in [0.29, 0.717) is 12.5 Å². The highest BCUT2D eigenvalue weighted by atomic mass is 16.4. The number of rotatable bonds is 5. The molecular formula is C15H20N2O4. The van der Waals surface area contributed by atoms with Gasteiger partial charge in [0.25, 0.3) is 0 Å². The second-order valence-electron chi connectivity index (χ2n) is 5.86. The first kappa shape index (κ1) is 15.2. The first-order valence-corrected chi connectivity index (χ1v) is 6.95. The highest BCUT2D eigenvalue weighted by molar-refractivity contribution is 5.93. The molecule has 1 aromatic carbocycles. The van der Waals surface area contributed by atoms with Crippen molar-refractivity contribution in [3.05, 3.63) is 23.8 Å². The fourth-order valence-corrected chi connectivity index (χ4v) is 2.31. The molecule has 0 saturated heterocycles. The number of benzene rings is 1. The lowest BCUT2D eigenvalue weighted by molar-refractivity contribution is 0.0696. The van der Waals surface area contributed by atoms with Crippen LogP contribution in [0.1, 0.15) is 37.0 Å². The first-order chi connectivity index (χ1) is 9.84. The normalized spacial score (nSPS) is 15.6. The van der Waals surface area contributed by atoms with Crippen LogP contribution in [0, 0.1) is 11.3 Å². The Bertz CT molecular complexity index is 565. The van der Waals surface area contributed by atoms with E-state index in [-0.39, 0.29) is 22.4 Å². The Morgan fingerprint density at radius 2 is 2.00 bits per heavy atom. The second kappa shape index (κ2) is 5.63. The monoisotopic (exact) mass is 292 g/mol. The van der Waals surface area contributed by atoms with E-state index < -0.39 is 12.0 Å². The summed E-state index contributed by atoms with van der Waals surface area (Å²) < 4.78 is 0. The summed E-state index contributed by atoms with van der Waals surface area (Å²) >= 11 is 0. The lowest BCUT2D eigenvalue weighted by Crippen LogP contribution is -2.35. The number of carboxylic acids is 1. The predicted octanol–water partition coefficient (Wildman–Crippen LogP) is 2.65. The van der Waals surface area contributed by atoms with E-state index in [9.17, 15) is 14.7 Å². The molecule has 21 heavy (non-hydrogen) atoms. The van der Waals surface area contributed by atoms with Crippen LogP contribution in [0.15, 0.2) is 18.2 Å². The zero-order chi connectivity index (χ0) is 15.6. The molecule has 4 N–H and O–H groups in total. The summed E-state index contributed by atoms with van der Waals surface area (Å²) in [5.41, 5.74) is 0.356. The number of aromatic carboxylic acids is 1. The van der Waals surface area contributed by atoms with Crippen molar-refractivity contribution in [3.8, 4) is 5.75 Å². The minimum atomic E-state index is -1.13. The minimum absolute atomic E-state index is 0.0322. The molecular weight excluding hydrogens is 272 g/mol. The number of urea groups is 1. The van der Waals surface area contributed by atoms with Crippen molar-refractivity contribution < 1.29 is 19.8 Å². The van der Waals surface area contributed by atoms with Crippen LogP contribution in [0.5, 0.6) is 5.75 Å². The first-order valence-electron chi connectivity index (χ1n) is 6.95. The van der Waals surface area contributed by atoms with E-state index in [2.05, 4.69) is 24.5 Å². The molecule has 1 aliphatic carbocycles. The van der Waals surface area contributed by atoms with Crippen LogP contribution >= 0.6 is 0 Å². The molecule has 0 radical (unpaired) electrons. The average molecular weight is 292 g/mol. The molecule has 6 nitrogen and oxygen atoms in total. The Morgan fingerprint density at radius 3 is 2.48 bits per heavy atom. The Kier molecular flexibility index (Phi) is 4.06. The molecule has 1 saturated carbocycles. The summed E-state index contributed by atoms with van der Waals surface area (Å²) in [6.45, 7) is 4.89. The largest absolute Gasteiger partial charge is 0.506 e. The van der Waals surface area contributed by atoms with E-state index in [0.717, 1.165) is 18.9 Å². The molecule has 2 amide bonds. The molecule has 0 heterocycles. The van der Waals surface area contributed by atoms with Crippen LogP contribution < -0.4 is 10.6 Å². The van der Waals surface area contributed by atoms with Crippen molar-refractivity contribution in [1.82, 2.24) is 5.32 Å². The maximum atomic E-state index is 11.8. The fourth-order valence-electron chi connectivity index (χ4n) is 2.31. The predicted molar refractivity (Wildman–Crippen MR) is 78.6 cm³/mol. The number of carboxylic acid groups (broad SMARTS) is 1. The maximum absolute atomic E-state index is 11.8. The smallest absolute Gasteiger partial charge is 0.335 e. The van der Waals surface area contributed by atoms with Crippen molar-refractivity contribution in [3.63, 3.8) is 0 Å². The summed E-state index contributed by atoms with van der Waals surface area (Å²) in [6.07, 6.45) is 2.23. The van der Waals surface area contributed by atoms with Gasteiger partial charge in [0.1, 0.15) is 5.75 Å². The zero-order valence-corrected chi connectivity index (χ0v) is 12.1. The number of aromatic hydroxyl groups is 1. The van der Waals surface area contributed by atoms with Crippen LogP contribution in [-0.2, 0) is 0 Å². The van der Waals surface area contributed by atoms with Gasteiger partial charge in [-0.05, 0) is 42.4 Å². The summed E-state index contributed by atoms with van der Waals surface area (Å²) in [4.78, 5) is 22.6. The van der Waals surface area contributed by atoms with Gasteiger partial charge in [-0.25, -0.2) is 9.59 Å². The molecule has 1 fully saturated rings. The summed E-state index contributed by atoms with van der Waals surface area (Å²) in [5.74, 6) is -0.884. The van der Waals surface area contributed by atoms with Gasteiger partial charge in [-0.15, -0.1) is 0 Å². The van der Waals surface area contributed by atoms with Crippen LogP contribution in [0.3, 0.4) is 0 Å². The van der Waals surface area contributed by atoms with Gasteiger partial charge in [0.15, 0.2) is 0 Å². The molecule has 0 spiro atoms. The number of phenols is 1. The van der Waals surface area contributed by atoms with Gasteiger partial charge in [-0.2, -0.15) is 0 Å². The number of hydrogen-bond donors (Lipinski definition) is 4. The third kappa shape index (κ3) is 3.45. The van der Waals surface area contributed by atoms with E-state index >= 15 is 0 Å². The van der Waals surface area contributed by atoms with Gasteiger partial charge in [0.2, 0.25) is 0 Å². The lowest BCUT2D eigenvalue weighted by atomic mass is 9.92. The van der Waals surface area contributed by atoms with Gasteiger partial charge < -0.3 is 20.8 Å². The highest BCUT2D eigenvalue weighted by Gasteiger charge is 2.45. The zero-order valence-electron chi connectivity index (χ0n) is 12.1. The third-order valence-electron chi connectivity index (χ3n) is 4.21. The number of nitrogens with one attached hydrogen (secondary N) is 2. The van der Waals surface area contributed by atoms with Crippen molar-refractivity contribution in [2.24, 2.45) is 11.3 Å². The highest BCUT2D eigenvalue weighted by Crippen LogP contribution is 2.51. The molecule has 2 rings (SSSR count). The van der Waals surface area contributed by atoms with Crippen molar-refractivity contribution in [2.45, 2.75) is 26.7 Å². The van der Waals surface area contributed by atoms with E-state index in [4.69, 9.17) is 5.11 Å². The number of phenolic OH excluding ortho intramolecular Hbond substituents is 1. The topological polar surface area (TPSA) is 98.7 Å². The van der Waals surface area contributed by atoms with Crippen LogP contribution in [0.25, 0.3) is 0 Å². The molecule has 0 unspecified atom stereocenters. The van der Waals surface area contributed by atoms with E-state index in [1.807, 2.05) is 0 Å². The Morgan fingerprint density at radius 1 is 1.33 bits per heavy atom. The molecule has 1 aliphatic rings. The number of carbonyl (C=O) groups excluding carboxylic acids is 1. The van der Waals surface area contributed by atoms with Crippen molar-refractivity contribution >= 4 is 17.7 Å². The summed E-state index contributed by atoms with van der Waals surface area (Å²) in [7, 11) is 0. The Balaban J connectivity index is 1.92. The molecule has 114 valence electrons. The number of carbonyl (C=O) groups is 2. The summed E-state index contributed by atoms with van der Waals surface area (Å²) in [6, 6.07) is 3.40. The molecule has 0 bridgehead atoms. The van der Waals surface area contributed by atoms with Gasteiger partial charge in [0.05, 0.1) is 11.3 Å². The molecule has 0 atom stereocenters. The van der Waals surface area contributed by atoms with Crippen LogP contribution in [-0.4, -0.2) is 28.8 Å². The maximum Gasteiger partial charge on any atom is 0.335 e. The molecule has 0 aliphatic heterocycles. The number of anilines is 1. The fraction of sp³-hybridized carbons (Fsp3) is 0.467. The van der Waals surface area contributed by atoms with Gasteiger partial charge in [-0.3, -0.25) is 0 Å². The molecule has 0 aromatic heterocycles. The number of hydrogen-bond acceptors (Lipinski definition) is 3. The third-order valence-corrected chi connectivity index (χ3v) is 4.21. The quantitative estimate of drug-likeness (QED) is 0.627. The number of amides is 2.